The van der Waals surface area contributed by atoms with E-state index < -0.39 is 0 Å². The molecule has 0 rings (SSSR count). The Hall–Kier alpha value is 0.584. The standard InChI is InChI=1S/C7H10.Y/c1-3-5-7-6-4-2;/h6-7H,3H2,1-2H3;/q-2;. The van der Waals surface area contributed by atoms with Crippen LogP contribution in [0.25, 0.3) is 0 Å². The topological polar surface area (TPSA) is 0 Å². The molecule has 1 heteroatoms. The minimum absolute atomic E-state index is 0. The maximum absolute atomic E-state index is 3.01. The predicted molar refractivity (Wildman–Crippen MR) is 31.6 cm³/mol. The number of rotatable bonds is 2. The van der Waals surface area contributed by atoms with Crippen LogP contribution in [0.5, 0.6) is 0 Å². The summed E-state index contributed by atoms with van der Waals surface area (Å²) >= 11 is 0. The first-order chi connectivity index (χ1) is 3.41. The van der Waals surface area contributed by atoms with Crippen LogP contribution in [0.4, 0.5) is 0 Å². The second-order valence-electron chi connectivity index (χ2n) is 1.18. The molecule has 0 nitrogen and oxygen atoms in total. The normalized spacial score (nSPS) is 10.2. The van der Waals surface area contributed by atoms with Crippen molar-refractivity contribution in [3.63, 3.8) is 0 Å². The van der Waals surface area contributed by atoms with Crippen molar-refractivity contribution < 1.29 is 32.7 Å². The Morgan fingerprint density at radius 1 is 1.38 bits per heavy atom. The summed E-state index contributed by atoms with van der Waals surface area (Å²) in [5.74, 6) is 0. The van der Waals surface area contributed by atoms with E-state index >= 15 is 0 Å². The summed E-state index contributed by atoms with van der Waals surface area (Å²) < 4.78 is 0. The smallest absolute Gasteiger partial charge is 0 e. The summed E-state index contributed by atoms with van der Waals surface area (Å²) in [6.45, 7) is 3.92. The van der Waals surface area contributed by atoms with Gasteiger partial charge in [-0.05, 0) is 0 Å². The second kappa shape index (κ2) is 10.5. The van der Waals surface area contributed by atoms with Crippen LogP contribution in [0.3, 0.4) is 0 Å². The Bertz CT molecular complexity index is 72.5. The molecule has 0 bridgehead atoms. The van der Waals surface area contributed by atoms with Crippen molar-refractivity contribution in [1.82, 2.24) is 0 Å². The maximum Gasteiger partial charge on any atom is 0 e. The molecule has 0 atom stereocenters. The van der Waals surface area contributed by atoms with Crippen LogP contribution in [0.2, 0.25) is 0 Å². The van der Waals surface area contributed by atoms with Gasteiger partial charge in [0, 0.05) is 32.7 Å². The molecule has 0 saturated heterocycles. The summed E-state index contributed by atoms with van der Waals surface area (Å²) in [6, 6.07) is 0. The monoisotopic (exact) mass is 183 g/mol. The molecule has 8 heavy (non-hydrogen) atoms. The number of hydrogen-bond acceptors (Lipinski definition) is 0. The largest absolute Gasteiger partial charge is 0.391 e. The SMILES string of the molecule is C[C-]=CC=[C-]CC.[Y]. The molecule has 0 amide bonds. The first-order valence-corrected chi connectivity index (χ1v) is 2.47. The van der Waals surface area contributed by atoms with Gasteiger partial charge in [-0.15, -0.1) is 13.3 Å². The van der Waals surface area contributed by atoms with Gasteiger partial charge in [0.15, 0.2) is 0 Å². The van der Waals surface area contributed by atoms with Gasteiger partial charge in [-0.25, -0.2) is 0 Å². The molecule has 0 heterocycles. The summed E-state index contributed by atoms with van der Waals surface area (Å²) in [5, 5.41) is 0. The molecule has 0 N–H and O–H groups in total. The third-order valence-corrected chi connectivity index (χ3v) is 0.572. The van der Waals surface area contributed by atoms with E-state index in [1.54, 1.807) is 0 Å². The Balaban J connectivity index is 0. The molecule has 43 valence electrons. The van der Waals surface area contributed by atoms with E-state index in [1.807, 2.05) is 19.1 Å². The molecule has 0 aliphatic heterocycles. The van der Waals surface area contributed by atoms with E-state index in [1.165, 1.54) is 0 Å². The van der Waals surface area contributed by atoms with Crippen LogP contribution in [0.15, 0.2) is 12.2 Å². The van der Waals surface area contributed by atoms with Gasteiger partial charge < -0.3 is 24.3 Å². The van der Waals surface area contributed by atoms with Crippen molar-refractivity contribution in [3.8, 4) is 0 Å². The van der Waals surface area contributed by atoms with Crippen molar-refractivity contribution in [2.45, 2.75) is 20.3 Å². The van der Waals surface area contributed by atoms with Crippen LogP contribution in [-0.4, -0.2) is 0 Å². The van der Waals surface area contributed by atoms with Crippen molar-refractivity contribution in [3.05, 3.63) is 24.3 Å². The van der Waals surface area contributed by atoms with Gasteiger partial charge >= 0.3 is 0 Å². The fraction of sp³-hybridized carbons (Fsp3) is 0.429. The first-order valence-electron chi connectivity index (χ1n) is 2.47. The molecule has 0 spiro atoms. The molecule has 0 aliphatic carbocycles. The van der Waals surface area contributed by atoms with E-state index in [0.29, 0.717) is 0 Å². The van der Waals surface area contributed by atoms with E-state index in [9.17, 15) is 0 Å². The third kappa shape index (κ3) is 9.77. The Morgan fingerprint density at radius 2 is 2.00 bits per heavy atom. The second-order valence-corrected chi connectivity index (χ2v) is 1.18. The van der Waals surface area contributed by atoms with E-state index in [0.717, 1.165) is 6.42 Å². The van der Waals surface area contributed by atoms with Crippen molar-refractivity contribution in [2.24, 2.45) is 0 Å². The van der Waals surface area contributed by atoms with Gasteiger partial charge in [0.2, 0.25) is 0 Å². The first kappa shape index (κ1) is 11.4. The average Bonchev–Trinajstić information content (AvgIpc) is 1.69. The van der Waals surface area contributed by atoms with Crippen molar-refractivity contribution in [1.29, 1.82) is 0 Å². The molecule has 1 radical (unpaired) electrons. The number of allylic oxidation sites excluding steroid dienone is 4. The van der Waals surface area contributed by atoms with Gasteiger partial charge in [0.1, 0.15) is 0 Å². The molecule has 0 unspecified atom stereocenters. The zero-order valence-electron chi connectivity index (χ0n) is 5.44. The van der Waals surface area contributed by atoms with Gasteiger partial charge in [-0.2, -0.15) is 0 Å². The summed E-state index contributed by atoms with van der Waals surface area (Å²) in [7, 11) is 0. The Labute approximate surface area is 76.9 Å². The molecule has 0 aromatic carbocycles. The van der Waals surface area contributed by atoms with Gasteiger partial charge in [0.25, 0.3) is 0 Å². The number of hydrogen-bond donors (Lipinski definition) is 0. The average molecular weight is 183 g/mol. The van der Waals surface area contributed by atoms with E-state index in [2.05, 4.69) is 19.1 Å². The van der Waals surface area contributed by atoms with E-state index in [4.69, 9.17) is 0 Å². The van der Waals surface area contributed by atoms with E-state index in [-0.39, 0.29) is 32.7 Å². The Morgan fingerprint density at radius 3 is 2.38 bits per heavy atom. The predicted octanol–water partition coefficient (Wildman–Crippen LogP) is 2.13. The third-order valence-electron chi connectivity index (χ3n) is 0.572. The summed E-state index contributed by atoms with van der Waals surface area (Å²) in [5.41, 5.74) is 0. The molecule has 0 saturated carbocycles. The molecular formula is C7H10Y-2. The van der Waals surface area contributed by atoms with Crippen LogP contribution in [-0.2, 0) is 32.7 Å². The zero-order chi connectivity index (χ0) is 5.54. The molecule has 0 aliphatic rings. The van der Waals surface area contributed by atoms with Gasteiger partial charge in [-0.3, -0.25) is 0 Å². The Kier molecular flexibility index (Phi) is 15.0. The zero-order valence-corrected chi connectivity index (χ0v) is 8.28. The van der Waals surface area contributed by atoms with Crippen LogP contribution in [0, 0.1) is 12.2 Å². The molecule has 0 aromatic rings. The maximum atomic E-state index is 3.01. The van der Waals surface area contributed by atoms with Gasteiger partial charge in [0.05, 0.1) is 0 Å². The minimum atomic E-state index is 0. The summed E-state index contributed by atoms with van der Waals surface area (Å²) in [6.07, 6.45) is 10.6. The van der Waals surface area contributed by atoms with Crippen LogP contribution < -0.4 is 0 Å². The quantitative estimate of drug-likeness (QED) is 0.454. The van der Waals surface area contributed by atoms with Crippen molar-refractivity contribution >= 4 is 0 Å². The molecule has 0 fully saturated rings. The fourth-order valence-corrected chi connectivity index (χ4v) is 0.260. The molecule has 0 aromatic heterocycles. The van der Waals surface area contributed by atoms with Crippen LogP contribution in [0.1, 0.15) is 20.3 Å². The summed E-state index contributed by atoms with van der Waals surface area (Å²) in [4.78, 5) is 0. The van der Waals surface area contributed by atoms with Crippen LogP contribution >= 0.6 is 0 Å². The minimum Gasteiger partial charge on any atom is -0.391 e. The van der Waals surface area contributed by atoms with Gasteiger partial charge in [-0.1, -0.05) is 6.92 Å². The fourth-order valence-electron chi connectivity index (χ4n) is 0.260. The van der Waals surface area contributed by atoms with Crippen molar-refractivity contribution in [2.75, 3.05) is 0 Å². The molecular weight excluding hydrogens is 173 g/mol.